The van der Waals surface area contributed by atoms with E-state index in [1.165, 1.54) is 25.0 Å². The van der Waals surface area contributed by atoms with Gasteiger partial charge in [-0.2, -0.15) is 0 Å². The van der Waals surface area contributed by atoms with E-state index in [2.05, 4.69) is 10.3 Å². The van der Waals surface area contributed by atoms with E-state index in [1.54, 1.807) is 4.90 Å². The Balaban J connectivity index is 1.34. The number of rotatable bonds is 4. The summed E-state index contributed by atoms with van der Waals surface area (Å²) in [5.74, 6) is -0.918. The zero-order chi connectivity index (χ0) is 16.0. The molecule has 1 aromatic carbocycles. The fraction of sp³-hybridized carbons (Fsp3) is 0.438. The molecule has 120 valence electrons. The third kappa shape index (κ3) is 2.83. The molecule has 0 unspecified atom stereocenters. The molecule has 1 aromatic heterocycles. The van der Waals surface area contributed by atoms with E-state index < -0.39 is 11.6 Å². The first kappa shape index (κ1) is 14.3. The standard InChI is InChI=1S/C16H16F2N4O/c17-12-4-3-11(14(18)6-12)5-16(23)21-7-13(8-21)22-9-15(19-20-22)10-1-2-10/h3-4,6,9-10,13H,1-2,5,7-8H2. The molecule has 0 bridgehead atoms. The van der Waals surface area contributed by atoms with Gasteiger partial charge in [-0.1, -0.05) is 11.3 Å². The Morgan fingerprint density at radius 2 is 2.04 bits per heavy atom. The molecule has 2 aromatic rings. The van der Waals surface area contributed by atoms with Crippen molar-refractivity contribution in [3.63, 3.8) is 0 Å². The lowest BCUT2D eigenvalue weighted by Gasteiger charge is -2.39. The SMILES string of the molecule is O=C(Cc1ccc(F)cc1F)N1CC(n2cc(C3CC3)nn2)C1. The third-order valence-corrected chi connectivity index (χ3v) is 4.47. The molecular weight excluding hydrogens is 302 g/mol. The first-order valence-corrected chi connectivity index (χ1v) is 7.73. The summed E-state index contributed by atoms with van der Waals surface area (Å²) in [5, 5.41) is 8.29. The largest absolute Gasteiger partial charge is 0.338 e. The molecule has 1 saturated heterocycles. The summed E-state index contributed by atoms with van der Waals surface area (Å²) in [5.41, 5.74) is 1.25. The number of halogens is 2. The summed E-state index contributed by atoms with van der Waals surface area (Å²) in [7, 11) is 0. The van der Waals surface area contributed by atoms with Gasteiger partial charge in [-0.15, -0.1) is 5.10 Å². The highest BCUT2D eigenvalue weighted by atomic mass is 19.1. The van der Waals surface area contributed by atoms with Gasteiger partial charge in [0.2, 0.25) is 5.91 Å². The smallest absolute Gasteiger partial charge is 0.227 e. The zero-order valence-electron chi connectivity index (χ0n) is 12.5. The molecule has 1 amide bonds. The Morgan fingerprint density at radius 3 is 2.74 bits per heavy atom. The van der Waals surface area contributed by atoms with Crippen molar-refractivity contribution >= 4 is 5.91 Å². The number of carbonyl (C=O) groups is 1. The van der Waals surface area contributed by atoms with E-state index in [0.29, 0.717) is 19.0 Å². The highest BCUT2D eigenvalue weighted by Crippen LogP contribution is 2.39. The molecule has 2 fully saturated rings. The van der Waals surface area contributed by atoms with Crippen molar-refractivity contribution in [2.24, 2.45) is 0 Å². The molecule has 0 spiro atoms. The van der Waals surface area contributed by atoms with Gasteiger partial charge in [0.15, 0.2) is 0 Å². The molecule has 1 aliphatic carbocycles. The number of nitrogens with zero attached hydrogens (tertiary/aromatic N) is 4. The van der Waals surface area contributed by atoms with Crippen molar-refractivity contribution in [1.82, 2.24) is 19.9 Å². The Bertz CT molecular complexity index is 750. The molecule has 5 nitrogen and oxygen atoms in total. The number of carbonyl (C=O) groups excluding carboxylic acids is 1. The molecule has 23 heavy (non-hydrogen) atoms. The maximum Gasteiger partial charge on any atom is 0.227 e. The number of amides is 1. The first-order valence-electron chi connectivity index (χ1n) is 7.73. The van der Waals surface area contributed by atoms with Gasteiger partial charge in [-0.05, 0) is 24.5 Å². The van der Waals surface area contributed by atoms with E-state index in [9.17, 15) is 13.6 Å². The Labute approximate surface area is 131 Å². The summed E-state index contributed by atoms with van der Waals surface area (Å²) < 4.78 is 28.3. The fourth-order valence-corrected chi connectivity index (χ4v) is 2.80. The maximum absolute atomic E-state index is 13.6. The minimum Gasteiger partial charge on any atom is -0.338 e. The normalized spacial score (nSPS) is 18.1. The molecule has 1 saturated carbocycles. The highest BCUT2D eigenvalue weighted by Gasteiger charge is 2.34. The predicted molar refractivity (Wildman–Crippen MR) is 77.7 cm³/mol. The number of hydrogen-bond donors (Lipinski definition) is 0. The van der Waals surface area contributed by atoms with Crippen molar-refractivity contribution in [2.45, 2.75) is 31.2 Å². The molecule has 1 aliphatic heterocycles. The van der Waals surface area contributed by atoms with Gasteiger partial charge < -0.3 is 4.90 Å². The number of hydrogen-bond acceptors (Lipinski definition) is 3. The molecule has 4 rings (SSSR count). The third-order valence-electron chi connectivity index (χ3n) is 4.47. The van der Waals surface area contributed by atoms with Crippen LogP contribution >= 0.6 is 0 Å². The van der Waals surface area contributed by atoms with Crippen molar-refractivity contribution in [3.8, 4) is 0 Å². The molecule has 7 heteroatoms. The van der Waals surface area contributed by atoms with Gasteiger partial charge in [0.1, 0.15) is 11.6 Å². The van der Waals surface area contributed by atoms with Crippen LogP contribution in [0.15, 0.2) is 24.4 Å². The number of likely N-dealkylation sites (tertiary alicyclic amines) is 1. The molecule has 0 N–H and O–H groups in total. The van der Waals surface area contributed by atoms with Gasteiger partial charge in [0, 0.05) is 31.3 Å². The monoisotopic (exact) mass is 318 g/mol. The number of aromatic nitrogens is 3. The summed E-state index contributed by atoms with van der Waals surface area (Å²) in [6, 6.07) is 3.42. The maximum atomic E-state index is 13.6. The predicted octanol–water partition coefficient (Wildman–Crippen LogP) is 2.06. The fourth-order valence-electron chi connectivity index (χ4n) is 2.80. The van der Waals surface area contributed by atoms with Crippen LogP contribution in [0.25, 0.3) is 0 Å². The van der Waals surface area contributed by atoms with Gasteiger partial charge >= 0.3 is 0 Å². The summed E-state index contributed by atoms with van der Waals surface area (Å²) in [6.07, 6.45) is 4.27. The molecule has 2 aliphatic rings. The van der Waals surface area contributed by atoms with Crippen LogP contribution in [0.1, 0.15) is 36.1 Å². The van der Waals surface area contributed by atoms with Crippen LogP contribution in [0, 0.1) is 11.6 Å². The highest BCUT2D eigenvalue weighted by molar-refractivity contribution is 5.79. The number of benzene rings is 1. The van der Waals surface area contributed by atoms with E-state index in [4.69, 9.17) is 0 Å². The van der Waals surface area contributed by atoms with E-state index in [0.717, 1.165) is 11.8 Å². The summed E-state index contributed by atoms with van der Waals surface area (Å²) in [6.45, 7) is 1.10. The minimum absolute atomic E-state index is 0.0521. The van der Waals surface area contributed by atoms with Crippen LogP contribution in [0.2, 0.25) is 0 Å². The minimum atomic E-state index is -0.680. The zero-order valence-corrected chi connectivity index (χ0v) is 12.5. The van der Waals surface area contributed by atoms with Crippen LogP contribution in [-0.4, -0.2) is 38.9 Å². The van der Waals surface area contributed by atoms with Gasteiger partial charge in [-0.25, -0.2) is 13.5 Å². The van der Waals surface area contributed by atoms with Crippen molar-refractivity contribution in [2.75, 3.05) is 13.1 Å². The van der Waals surface area contributed by atoms with Crippen LogP contribution < -0.4 is 0 Å². The van der Waals surface area contributed by atoms with E-state index in [-0.39, 0.29) is 23.9 Å². The van der Waals surface area contributed by atoms with Crippen molar-refractivity contribution in [3.05, 3.63) is 47.3 Å². The average molecular weight is 318 g/mol. The lowest BCUT2D eigenvalue weighted by Crippen LogP contribution is -2.51. The topological polar surface area (TPSA) is 51.0 Å². The first-order chi connectivity index (χ1) is 11.1. The quantitative estimate of drug-likeness (QED) is 0.867. The van der Waals surface area contributed by atoms with E-state index in [1.807, 2.05) is 10.9 Å². The Kier molecular flexibility index (Phi) is 3.36. The molecule has 2 heterocycles. The second-order valence-electron chi connectivity index (χ2n) is 6.26. The molecule has 0 radical (unpaired) electrons. The van der Waals surface area contributed by atoms with Gasteiger partial charge in [-0.3, -0.25) is 4.79 Å². The van der Waals surface area contributed by atoms with Gasteiger partial charge in [0.25, 0.3) is 0 Å². The molecule has 0 atom stereocenters. The summed E-state index contributed by atoms with van der Waals surface area (Å²) >= 11 is 0. The lowest BCUT2D eigenvalue weighted by molar-refractivity contribution is -0.136. The van der Waals surface area contributed by atoms with Crippen molar-refractivity contribution in [1.29, 1.82) is 0 Å². The van der Waals surface area contributed by atoms with Gasteiger partial charge in [0.05, 0.1) is 18.2 Å². The van der Waals surface area contributed by atoms with Crippen LogP contribution in [0.4, 0.5) is 8.78 Å². The molecular formula is C16H16F2N4O. The average Bonchev–Trinajstić information content (AvgIpc) is 3.20. The Morgan fingerprint density at radius 1 is 1.26 bits per heavy atom. The second-order valence-corrected chi connectivity index (χ2v) is 6.26. The Hall–Kier alpha value is -2.31. The summed E-state index contributed by atoms with van der Waals surface area (Å²) in [4.78, 5) is 13.8. The van der Waals surface area contributed by atoms with Crippen LogP contribution in [0.5, 0.6) is 0 Å². The van der Waals surface area contributed by atoms with Crippen molar-refractivity contribution < 1.29 is 13.6 Å². The van der Waals surface area contributed by atoms with Crippen LogP contribution in [-0.2, 0) is 11.2 Å². The van der Waals surface area contributed by atoms with Crippen LogP contribution in [0.3, 0.4) is 0 Å². The lowest BCUT2D eigenvalue weighted by atomic mass is 10.1. The van der Waals surface area contributed by atoms with E-state index >= 15 is 0 Å². The second kappa shape index (κ2) is 5.40.